The van der Waals surface area contributed by atoms with Gasteiger partial charge in [-0.15, -0.1) is 11.3 Å². The van der Waals surface area contributed by atoms with Crippen molar-refractivity contribution < 1.29 is 14.3 Å². The average molecular weight is 485 g/mol. The van der Waals surface area contributed by atoms with Gasteiger partial charge in [-0.3, -0.25) is 4.79 Å². The summed E-state index contributed by atoms with van der Waals surface area (Å²) in [6.07, 6.45) is 6.81. The molecule has 0 saturated heterocycles. The summed E-state index contributed by atoms with van der Waals surface area (Å²) in [6.45, 7) is 0.570. The number of benzene rings is 2. The summed E-state index contributed by atoms with van der Waals surface area (Å²) < 4.78 is 13.3. The van der Waals surface area contributed by atoms with Crippen LogP contribution in [0.1, 0.15) is 56.5 Å². The van der Waals surface area contributed by atoms with Crippen LogP contribution in [0.25, 0.3) is 5.00 Å². The molecular formula is C29H28N2O3S. The van der Waals surface area contributed by atoms with Crippen LogP contribution < -0.4 is 9.47 Å². The molecule has 1 atom stereocenters. The zero-order chi connectivity index (χ0) is 23.9. The summed E-state index contributed by atoms with van der Waals surface area (Å²) in [6, 6.07) is 19.8. The second kappa shape index (κ2) is 8.93. The Kier molecular flexibility index (Phi) is 5.61. The van der Waals surface area contributed by atoms with E-state index in [0.29, 0.717) is 23.6 Å². The molecule has 1 aliphatic heterocycles. The quantitative estimate of drug-likeness (QED) is 0.347. The van der Waals surface area contributed by atoms with Crippen LogP contribution in [-0.4, -0.2) is 29.6 Å². The molecule has 178 valence electrons. The lowest BCUT2D eigenvalue weighted by molar-refractivity contribution is 0.0690. The van der Waals surface area contributed by atoms with Gasteiger partial charge >= 0.3 is 0 Å². The fourth-order valence-electron chi connectivity index (χ4n) is 5.47. The minimum absolute atomic E-state index is 0.0348. The number of aryl methyl sites for hydroxylation is 1. The van der Waals surface area contributed by atoms with Crippen LogP contribution in [0.4, 0.5) is 0 Å². The molecule has 4 aromatic rings. The van der Waals surface area contributed by atoms with E-state index in [1.807, 2.05) is 34.4 Å². The molecule has 1 aliphatic carbocycles. The number of carbonyl (C=O) groups is 1. The number of ether oxygens (including phenoxy) is 2. The molecule has 0 saturated carbocycles. The Morgan fingerprint density at radius 1 is 0.914 bits per heavy atom. The van der Waals surface area contributed by atoms with E-state index in [2.05, 4.69) is 35.0 Å². The predicted molar refractivity (Wildman–Crippen MR) is 138 cm³/mol. The lowest BCUT2D eigenvalue weighted by atomic mass is 9.94. The number of methoxy groups -OCH3 is 2. The van der Waals surface area contributed by atoms with Gasteiger partial charge in [-0.25, -0.2) is 0 Å². The SMILES string of the molecule is COc1cc(OC)cc(C(=O)N2Cc3c(sc4c3CCCC4)-n3cccc3C2c2ccccc2)c1. The smallest absolute Gasteiger partial charge is 0.255 e. The first-order valence-corrected chi connectivity index (χ1v) is 12.9. The highest BCUT2D eigenvalue weighted by molar-refractivity contribution is 7.15. The molecule has 2 aliphatic rings. The molecule has 2 aromatic heterocycles. The van der Waals surface area contributed by atoms with E-state index in [1.165, 1.54) is 33.8 Å². The third-order valence-corrected chi connectivity index (χ3v) is 8.49. The lowest BCUT2D eigenvalue weighted by Crippen LogP contribution is -2.35. The van der Waals surface area contributed by atoms with Crippen LogP contribution in [0.3, 0.4) is 0 Å². The number of nitrogens with zero attached hydrogens (tertiary/aromatic N) is 2. The highest BCUT2D eigenvalue weighted by atomic mass is 32.1. The van der Waals surface area contributed by atoms with Gasteiger partial charge in [-0.05, 0) is 61.1 Å². The summed E-state index contributed by atoms with van der Waals surface area (Å²) in [5, 5.41) is 1.26. The normalized spacial score (nSPS) is 16.6. The van der Waals surface area contributed by atoms with Gasteiger partial charge in [0.15, 0.2) is 0 Å². The average Bonchev–Trinajstić information content (AvgIpc) is 3.50. The fraction of sp³-hybridized carbons (Fsp3) is 0.276. The van der Waals surface area contributed by atoms with Gasteiger partial charge < -0.3 is 18.9 Å². The first kappa shape index (κ1) is 22.0. The van der Waals surface area contributed by atoms with Gasteiger partial charge in [-0.1, -0.05) is 30.3 Å². The van der Waals surface area contributed by atoms with E-state index in [-0.39, 0.29) is 11.9 Å². The second-order valence-electron chi connectivity index (χ2n) is 9.15. The van der Waals surface area contributed by atoms with Crippen LogP contribution in [0, 0.1) is 0 Å². The van der Waals surface area contributed by atoms with Gasteiger partial charge in [-0.2, -0.15) is 0 Å². The molecular weight excluding hydrogens is 456 g/mol. The maximum absolute atomic E-state index is 14.3. The van der Waals surface area contributed by atoms with E-state index >= 15 is 0 Å². The Hall–Kier alpha value is -3.51. The highest BCUT2D eigenvalue weighted by Crippen LogP contribution is 2.44. The van der Waals surface area contributed by atoms with Crippen LogP contribution >= 0.6 is 11.3 Å². The number of fused-ring (bicyclic) bond motifs is 5. The molecule has 0 bridgehead atoms. The van der Waals surface area contributed by atoms with Crippen molar-refractivity contribution in [3.8, 4) is 16.5 Å². The molecule has 3 heterocycles. The Morgan fingerprint density at radius 2 is 1.66 bits per heavy atom. The van der Waals surface area contributed by atoms with Crippen LogP contribution in [-0.2, 0) is 19.4 Å². The van der Waals surface area contributed by atoms with E-state index < -0.39 is 0 Å². The van der Waals surface area contributed by atoms with E-state index in [0.717, 1.165) is 24.1 Å². The number of carbonyl (C=O) groups excluding carboxylic acids is 1. The zero-order valence-corrected chi connectivity index (χ0v) is 20.8. The third-order valence-electron chi connectivity index (χ3n) is 7.15. The Labute approximate surface area is 209 Å². The number of amides is 1. The summed E-state index contributed by atoms with van der Waals surface area (Å²) in [5.41, 5.74) is 5.51. The number of thiophene rings is 1. The summed E-state index contributed by atoms with van der Waals surface area (Å²) >= 11 is 1.90. The van der Waals surface area contributed by atoms with Crippen molar-refractivity contribution in [3.05, 3.63) is 99.7 Å². The van der Waals surface area contributed by atoms with Gasteiger partial charge in [0, 0.05) is 28.3 Å². The van der Waals surface area contributed by atoms with Gasteiger partial charge in [0.05, 0.1) is 32.5 Å². The predicted octanol–water partition coefficient (Wildman–Crippen LogP) is 6.18. The lowest BCUT2D eigenvalue weighted by Gasteiger charge is -2.31. The summed E-state index contributed by atoms with van der Waals surface area (Å²) in [4.78, 5) is 17.8. The first-order chi connectivity index (χ1) is 17.2. The first-order valence-electron chi connectivity index (χ1n) is 12.1. The molecule has 0 radical (unpaired) electrons. The van der Waals surface area contributed by atoms with E-state index in [1.54, 1.807) is 32.4 Å². The molecule has 0 fully saturated rings. The molecule has 1 unspecified atom stereocenters. The third kappa shape index (κ3) is 3.73. The molecule has 0 N–H and O–H groups in total. The van der Waals surface area contributed by atoms with Gasteiger partial charge in [0.25, 0.3) is 5.91 Å². The largest absolute Gasteiger partial charge is 0.497 e. The van der Waals surface area contributed by atoms with Crippen molar-refractivity contribution in [1.29, 1.82) is 0 Å². The minimum Gasteiger partial charge on any atom is -0.497 e. The maximum Gasteiger partial charge on any atom is 0.255 e. The summed E-state index contributed by atoms with van der Waals surface area (Å²) in [5.74, 6) is 1.18. The zero-order valence-electron chi connectivity index (χ0n) is 20.0. The molecule has 35 heavy (non-hydrogen) atoms. The van der Waals surface area contributed by atoms with Gasteiger partial charge in [0.1, 0.15) is 16.5 Å². The molecule has 5 nitrogen and oxygen atoms in total. The number of aromatic nitrogens is 1. The standard InChI is InChI=1S/C29H28N2O3S/c1-33-21-15-20(16-22(17-21)34-2)28(32)31-18-24-23-11-6-7-13-26(23)35-29(24)30-14-8-12-25(30)27(31)19-9-4-3-5-10-19/h3-5,8-10,12,14-17,27H,6-7,11,13,18H2,1-2H3. The van der Waals surface area contributed by atoms with Crippen molar-refractivity contribution >= 4 is 17.2 Å². The molecule has 1 amide bonds. The Balaban J connectivity index is 1.55. The molecule has 6 rings (SSSR count). The van der Waals surface area contributed by atoms with E-state index in [4.69, 9.17) is 9.47 Å². The number of rotatable bonds is 4. The van der Waals surface area contributed by atoms with Crippen molar-refractivity contribution in [2.75, 3.05) is 14.2 Å². The monoisotopic (exact) mass is 484 g/mol. The van der Waals surface area contributed by atoms with E-state index in [9.17, 15) is 4.79 Å². The van der Waals surface area contributed by atoms with Crippen LogP contribution in [0.2, 0.25) is 0 Å². The van der Waals surface area contributed by atoms with Crippen molar-refractivity contribution in [2.24, 2.45) is 0 Å². The highest BCUT2D eigenvalue weighted by Gasteiger charge is 2.36. The molecule has 6 heteroatoms. The van der Waals surface area contributed by atoms with Crippen molar-refractivity contribution in [2.45, 2.75) is 38.3 Å². The fourth-order valence-corrected chi connectivity index (χ4v) is 6.87. The molecule has 0 spiro atoms. The molecule has 2 aromatic carbocycles. The van der Waals surface area contributed by atoms with Crippen molar-refractivity contribution in [3.63, 3.8) is 0 Å². The Bertz CT molecular complexity index is 1370. The van der Waals surface area contributed by atoms with Crippen LogP contribution in [0.5, 0.6) is 11.5 Å². The van der Waals surface area contributed by atoms with Gasteiger partial charge in [0.2, 0.25) is 0 Å². The van der Waals surface area contributed by atoms with Crippen molar-refractivity contribution in [1.82, 2.24) is 9.47 Å². The topological polar surface area (TPSA) is 43.7 Å². The second-order valence-corrected chi connectivity index (χ2v) is 10.2. The minimum atomic E-state index is -0.213. The Morgan fingerprint density at radius 3 is 2.40 bits per heavy atom. The number of hydrogen-bond donors (Lipinski definition) is 0. The van der Waals surface area contributed by atoms with Crippen LogP contribution in [0.15, 0.2) is 66.9 Å². The maximum atomic E-state index is 14.3. The number of hydrogen-bond acceptors (Lipinski definition) is 4. The summed E-state index contributed by atoms with van der Waals surface area (Å²) in [7, 11) is 3.22.